The molecule has 0 saturated heterocycles. The van der Waals surface area contributed by atoms with E-state index in [-0.39, 0.29) is 0 Å². The van der Waals surface area contributed by atoms with E-state index >= 15 is 0 Å². The Balaban J connectivity index is 2.75. The van der Waals surface area contributed by atoms with Crippen molar-refractivity contribution in [2.75, 3.05) is 6.54 Å². The van der Waals surface area contributed by atoms with Crippen molar-refractivity contribution < 1.29 is 0 Å². The summed E-state index contributed by atoms with van der Waals surface area (Å²) >= 11 is 6.19. The van der Waals surface area contributed by atoms with Crippen LogP contribution < -0.4 is 5.32 Å². The van der Waals surface area contributed by atoms with E-state index in [4.69, 9.17) is 11.6 Å². The van der Waals surface area contributed by atoms with Gasteiger partial charge in [-0.15, -0.1) is 0 Å². The van der Waals surface area contributed by atoms with Crippen LogP contribution in [0.2, 0.25) is 5.02 Å². The molecular weight excluding hydrogens is 278 g/mol. The van der Waals surface area contributed by atoms with Crippen LogP contribution in [-0.4, -0.2) is 12.6 Å². The lowest BCUT2D eigenvalue weighted by Gasteiger charge is -2.25. The van der Waals surface area contributed by atoms with Gasteiger partial charge in [0.15, 0.2) is 0 Å². The molecule has 0 heterocycles. The van der Waals surface area contributed by atoms with Gasteiger partial charge in [-0.25, -0.2) is 0 Å². The Labute approximate surface area is 136 Å². The van der Waals surface area contributed by atoms with Crippen LogP contribution in [0.4, 0.5) is 0 Å². The first-order valence-corrected chi connectivity index (χ1v) is 8.93. The Kier molecular flexibility index (Phi) is 9.03. The first-order chi connectivity index (χ1) is 10.1. The lowest BCUT2D eigenvalue weighted by Crippen LogP contribution is -2.29. The van der Waals surface area contributed by atoms with Crippen LogP contribution in [0.15, 0.2) is 24.3 Å². The van der Waals surface area contributed by atoms with Crippen LogP contribution in [0, 0.1) is 5.92 Å². The summed E-state index contributed by atoms with van der Waals surface area (Å²) < 4.78 is 0. The van der Waals surface area contributed by atoms with Gasteiger partial charge in [-0.3, -0.25) is 0 Å². The third kappa shape index (κ3) is 7.33. The molecule has 1 nitrogen and oxygen atoms in total. The van der Waals surface area contributed by atoms with Crippen LogP contribution in [0.5, 0.6) is 0 Å². The standard InChI is InChI=1S/C19H32ClN/c1-5-7-9-16(6-2)12-18(14-21-15(3)4)17-10-8-11-19(20)13-17/h8,10-11,13,15-16,18,21H,5-7,9,12,14H2,1-4H3. The smallest absolute Gasteiger partial charge is 0.0408 e. The zero-order valence-electron chi connectivity index (χ0n) is 14.2. The maximum atomic E-state index is 6.19. The molecule has 0 amide bonds. The second-order valence-electron chi connectivity index (χ2n) is 6.47. The summed E-state index contributed by atoms with van der Waals surface area (Å²) in [6.45, 7) is 10.1. The van der Waals surface area contributed by atoms with Crippen molar-refractivity contribution in [3.05, 3.63) is 34.9 Å². The minimum absolute atomic E-state index is 0.530. The Morgan fingerprint density at radius 1 is 1.19 bits per heavy atom. The molecule has 0 aliphatic rings. The SMILES string of the molecule is CCCCC(CC)CC(CNC(C)C)c1cccc(Cl)c1. The van der Waals surface area contributed by atoms with Crippen molar-refractivity contribution in [2.24, 2.45) is 5.92 Å². The van der Waals surface area contributed by atoms with Gasteiger partial charge in [0.1, 0.15) is 0 Å². The Bertz CT molecular complexity index is 389. The van der Waals surface area contributed by atoms with Crippen molar-refractivity contribution in [2.45, 2.75) is 71.8 Å². The Morgan fingerprint density at radius 3 is 2.52 bits per heavy atom. The first kappa shape index (κ1) is 18.5. The van der Waals surface area contributed by atoms with E-state index in [2.05, 4.69) is 51.2 Å². The quantitative estimate of drug-likeness (QED) is 0.556. The molecule has 0 radical (unpaired) electrons. The highest BCUT2D eigenvalue weighted by Gasteiger charge is 2.17. The van der Waals surface area contributed by atoms with Crippen molar-refractivity contribution in [3.8, 4) is 0 Å². The van der Waals surface area contributed by atoms with Crippen molar-refractivity contribution in [3.63, 3.8) is 0 Å². The summed E-state index contributed by atoms with van der Waals surface area (Å²) in [5.41, 5.74) is 1.38. The zero-order valence-corrected chi connectivity index (χ0v) is 14.9. The van der Waals surface area contributed by atoms with Crippen molar-refractivity contribution in [1.82, 2.24) is 5.32 Å². The predicted octanol–water partition coefficient (Wildman–Crippen LogP) is 6.03. The van der Waals surface area contributed by atoms with Gasteiger partial charge >= 0.3 is 0 Å². The molecule has 1 N–H and O–H groups in total. The third-order valence-corrected chi connectivity index (χ3v) is 4.49. The van der Waals surface area contributed by atoms with Crippen molar-refractivity contribution in [1.29, 1.82) is 0 Å². The molecule has 0 spiro atoms. The summed E-state index contributed by atoms with van der Waals surface area (Å²) in [5, 5.41) is 4.46. The molecule has 2 atom stereocenters. The van der Waals surface area contributed by atoms with E-state index in [1.807, 2.05) is 6.07 Å². The molecule has 21 heavy (non-hydrogen) atoms. The number of benzene rings is 1. The molecule has 120 valence electrons. The van der Waals surface area contributed by atoms with Gasteiger partial charge in [0.25, 0.3) is 0 Å². The van der Waals surface area contributed by atoms with Gasteiger partial charge < -0.3 is 5.32 Å². The lowest BCUT2D eigenvalue weighted by atomic mass is 9.85. The molecular formula is C19H32ClN. The number of hydrogen-bond acceptors (Lipinski definition) is 1. The normalized spacial score (nSPS) is 14.4. The fourth-order valence-corrected chi connectivity index (χ4v) is 3.06. The zero-order chi connectivity index (χ0) is 15.7. The van der Waals surface area contributed by atoms with Crippen molar-refractivity contribution >= 4 is 11.6 Å². The maximum absolute atomic E-state index is 6.19. The van der Waals surface area contributed by atoms with E-state index in [0.717, 1.165) is 17.5 Å². The van der Waals surface area contributed by atoms with E-state index in [1.165, 1.54) is 37.7 Å². The van der Waals surface area contributed by atoms with Gasteiger partial charge in [-0.1, -0.05) is 77.1 Å². The van der Waals surface area contributed by atoms with Gasteiger partial charge in [0, 0.05) is 17.6 Å². The van der Waals surface area contributed by atoms with Gasteiger partial charge in [0.05, 0.1) is 0 Å². The molecule has 0 saturated carbocycles. The molecule has 1 aromatic rings. The third-order valence-electron chi connectivity index (χ3n) is 4.25. The minimum atomic E-state index is 0.530. The average molecular weight is 310 g/mol. The molecule has 0 fully saturated rings. The van der Waals surface area contributed by atoms with E-state index in [9.17, 15) is 0 Å². The number of unbranched alkanes of at least 4 members (excludes halogenated alkanes) is 1. The van der Waals surface area contributed by atoms with Crippen LogP contribution in [0.1, 0.15) is 71.3 Å². The fraction of sp³-hybridized carbons (Fsp3) is 0.684. The number of halogens is 1. The molecule has 2 heteroatoms. The van der Waals surface area contributed by atoms with E-state index < -0.39 is 0 Å². The second kappa shape index (κ2) is 10.2. The van der Waals surface area contributed by atoms with Crippen LogP contribution >= 0.6 is 11.6 Å². The summed E-state index contributed by atoms with van der Waals surface area (Å²) in [5.74, 6) is 1.38. The van der Waals surface area contributed by atoms with Gasteiger partial charge in [-0.05, 0) is 36.0 Å². The lowest BCUT2D eigenvalue weighted by molar-refractivity contribution is 0.371. The van der Waals surface area contributed by atoms with Crippen LogP contribution in [0.3, 0.4) is 0 Å². The molecule has 1 aromatic carbocycles. The summed E-state index contributed by atoms with van der Waals surface area (Å²) in [6, 6.07) is 8.94. The number of rotatable bonds is 10. The summed E-state index contributed by atoms with van der Waals surface area (Å²) in [6.07, 6.45) is 6.53. The molecule has 0 aliphatic carbocycles. The average Bonchev–Trinajstić information content (AvgIpc) is 2.46. The molecule has 0 aliphatic heterocycles. The van der Waals surface area contributed by atoms with Gasteiger partial charge in [-0.2, -0.15) is 0 Å². The van der Waals surface area contributed by atoms with Crippen LogP contribution in [-0.2, 0) is 0 Å². The van der Waals surface area contributed by atoms with Crippen LogP contribution in [0.25, 0.3) is 0 Å². The fourth-order valence-electron chi connectivity index (χ4n) is 2.86. The minimum Gasteiger partial charge on any atom is -0.314 e. The highest BCUT2D eigenvalue weighted by atomic mass is 35.5. The molecule has 0 aromatic heterocycles. The summed E-state index contributed by atoms with van der Waals surface area (Å²) in [4.78, 5) is 0. The molecule has 1 rings (SSSR count). The molecule has 2 unspecified atom stereocenters. The number of hydrogen-bond donors (Lipinski definition) is 1. The first-order valence-electron chi connectivity index (χ1n) is 8.55. The second-order valence-corrected chi connectivity index (χ2v) is 6.90. The topological polar surface area (TPSA) is 12.0 Å². The maximum Gasteiger partial charge on any atom is 0.0408 e. The van der Waals surface area contributed by atoms with E-state index in [0.29, 0.717) is 12.0 Å². The monoisotopic (exact) mass is 309 g/mol. The highest BCUT2D eigenvalue weighted by molar-refractivity contribution is 6.30. The number of nitrogens with one attached hydrogen (secondary N) is 1. The van der Waals surface area contributed by atoms with E-state index in [1.54, 1.807) is 0 Å². The molecule has 0 bridgehead atoms. The largest absolute Gasteiger partial charge is 0.314 e. The van der Waals surface area contributed by atoms with Gasteiger partial charge in [0.2, 0.25) is 0 Å². The Hall–Kier alpha value is -0.530. The Morgan fingerprint density at radius 2 is 1.95 bits per heavy atom. The predicted molar refractivity (Wildman–Crippen MR) is 95.3 cm³/mol. The summed E-state index contributed by atoms with van der Waals surface area (Å²) in [7, 11) is 0. The highest BCUT2D eigenvalue weighted by Crippen LogP contribution is 2.29.